The number of sulfonamides is 1. The maximum atomic E-state index is 15.7. The van der Waals surface area contributed by atoms with Crippen molar-refractivity contribution < 1.29 is 21.6 Å². The highest BCUT2D eigenvalue weighted by Crippen LogP contribution is 2.43. The zero-order chi connectivity index (χ0) is 19.8. The van der Waals surface area contributed by atoms with Gasteiger partial charge in [0.1, 0.15) is 11.6 Å². The highest BCUT2D eigenvalue weighted by molar-refractivity contribution is 7.90. The number of rotatable bonds is 5. The number of benzene rings is 2. The van der Waals surface area contributed by atoms with Crippen LogP contribution < -0.4 is 4.72 Å². The Kier molecular flexibility index (Phi) is 5.36. The molecule has 0 spiro atoms. The zero-order valence-corrected chi connectivity index (χ0v) is 16.0. The first-order valence-corrected chi connectivity index (χ1v) is 10.4. The van der Waals surface area contributed by atoms with Crippen molar-refractivity contribution in [2.24, 2.45) is 0 Å². The van der Waals surface area contributed by atoms with Gasteiger partial charge in [-0.3, -0.25) is 0 Å². The van der Waals surface area contributed by atoms with Gasteiger partial charge in [0.15, 0.2) is 5.67 Å². The normalized spacial score (nSPS) is 23.1. The molecule has 2 atom stereocenters. The Bertz CT molecular complexity index is 908. The molecule has 7 heteroatoms. The van der Waals surface area contributed by atoms with Gasteiger partial charge in [-0.15, -0.1) is 0 Å². The molecule has 0 aromatic heterocycles. The molecule has 2 aromatic carbocycles. The molecule has 0 unspecified atom stereocenters. The summed E-state index contributed by atoms with van der Waals surface area (Å²) in [5, 5.41) is -0.646. The number of alkyl halides is 1. The maximum Gasteiger partial charge on any atom is 0.214 e. The van der Waals surface area contributed by atoms with Crippen LogP contribution in [0.1, 0.15) is 38.7 Å². The molecule has 146 valence electrons. The third-order valence-corrected chi connectivity index (χ3v) is 6.93. The molecule has 3 rings (SSSR count). The summed E-state index contributed by atoms with van der Waals surface area (Å²) in [5.74, 6) is -1.37. The Balaban J connectivity index is 1.89. The lowest BCUT2D eigenvalue weighted by molar-refractivity contribution is 0.142. The minimum Gasteiger partial charge on any atom is -0.237 e. The van der Waals surface area contributed by atoms with Crippen molar-refractivity contribution in [3.63, 3.8) is 0 Å². The molecule has 1 fully saturated rings. The molecule has 0 bridgehead atoms. The second kappa shape index (κ2) is 7.28. The van der Waals surface area contributed by atoms with E-state index in [-0.39, 0.29) is 6.42 Å². The number of hydrogen-bond acceptors (Lipinski definition) is 2. The third kappa shape index (κ3) is 4.04. The quantitative estimate of drug-likeness (QED) is 0.797. The Morgan fingerprint density at radius 3 is 2.19 bits per heavy atom. The van der Waals surface area contributed by atoms with Crippen molar-refractivity contribution in [3.05, 3.63) is 59.7 Å². The molecule has 0 heterocycles. The summed E-state index contributed by atoms with van der Waals surface area (Å²) >= 11 is 0. The lowest BCUT2D eigenvalue weighted by Crippen LogP contribution is -2.46. The summed E-state index contributed by atoms with van der Waals surface area (Å²) in [6.07, 6.45) is 1.20. The number of nitrogens with one attached hydrogen (secondary N) is 1. The van der Waals surface area contributed by atoms with Gasteiger partial charge in [0, 0.05) is 6.07 Å². The van der Waals surface area contributed by atoms with Gasteiger partial charge >= 0.3 is 0 Å². The van der Waals surface area contributed by atoms with Crippen LogP contribution in [0.5, 0.6) is 0 Å². The fourth-order valence-corrected chi connectivity index (χ4v) is 4.43. The second-order valence-electron chi connectivity index (χ2n) is 7.25. The van der Waals surface area contributed by atoms with Crippen LogP contribution in [0, 0.1) is 11.6 Å². The monoisotopic (exact) mass is 397 g/mol. The molecule has 1 N–H and O–H groups in total. The van der Waals surface area contributed by atoms with Crippen molar-refractivity contribution >= 4 is 10.0 Å². The van der Waals surface area contributed by atoms with E-state index in [1.807, 2.05) is 0 Å². The Morgan fingerprint density at radius 2 is 1.63 bits per heavy atom. The van der Waals surface area contributed by atoms with Crippen molar-refractivity contribution in [1.29, 1.82) is 0 Å². The van der Waals surface area contributed by atoms with Gasteiger partial charge in [-0.2, -0.15) is 0 Å². The van der Waals surface area contributed by atoms with Crippen molar-refractivity contribution in [3.8, 4) is 11.1 Å². The Hall–Kier alpha value is -1.86. The van der Waals surface area contributed by atoms with Gasteiger partial charge in [-0.05, 0) is 61.9 Å². The molecule has 1 aliphatic carbocycles. The van der Waals surface area contributed by atoms with E-state index in [9.17, 15) is 17.2 Å². The fourth-order valence-electron chi connectivity index (χ4n) is 3.46. The van der Waals surface area contributed by atoms with Gasteiger partial charge in [0.25, 0.3) is 0 Å². The molecule has 0 radical (unpaired) electrons. The van der Waals surface area contributed by atoms with Crippen LogP contribution in [-0.2, 0) is 15.7 Å². The topological polar surface area (TPSA) is 46.2 Å². The van der Waals surface area contributed by atoms with Gasteiger partial charge in [-0.1, -0.05) is 24.3 Å². The van der Waals surface area contributed by atoms with Crippen LogP contribution in [0.15, 0.2) is 42.5 Å². The summed E-state index contributed by atoms with van der Waals surface area (Å²) in [6.45, 7) is 3.09. The van der Waals surface area contributed by atoms with Crippen LogP contribution in [0.2, 0.25) is 0 Å². The van der Waals surface area contributed by atoms with Crippen LogP contribution in [0.25, 0.3) is 11.1 Å². The predicted octanol–water partition coefficient (Wildman–Crippen LogP) is 4.68. The van der Waals surface area contributed by atoms with E-state index in [2.05, 4.69) is 4.72 Å². The minimum atomic E-state index is -3.59. The summed E-state index contributed by atoms with van der Waals surface area (Å²) < 4.78 is 69.4. The first-order valence-electron chi connectivity index (χ1n) is 8.89. The van der Waals surface area contributed by atoms with Gasteiger partial charge in [-0.25, -0.2) is 26.3 Å². The van der Waals surface area contributed by atoms with Crippen molar-refractivity contribution in [2.75, 3.05) is 0 Å². The average molecular weight is 397 g/mol. The summed E-state index contributed by atoms with van der Waals surface area (Å²) in [5.41, 5.74) is -0.543. The van der Waals surface area contributed by atoms with E-state index < -0.39 is 38.6 Å². The highest BCUT2D eigenvalue weighted by Gasteiger charge is 2.46. The molecule has 0 amide bonds. The largest absolute Gasteiger partial charge is 0.237 e. The van der Waals surface area contributed by atoms with E-state index in [0.717, 1.165) is 6.07 Å². The van der Waals surface area contributed by atoms with Crippen molar-refractivity contribution in [1.82, 2.24) is 4.72 Å². The standard InChI is InChI=1S/C20H22F3NO2S/c1-13(2)27(25,26)24-19-4-3-9-20(19,23)16-7-5-14(6-8-16)15-10-17(21)12-18(22)11-15/h5-8,10-13,19,24H,3-4,9H2,1-2H3/t19-,20+/m0/s1. The first kappa shape index (κ1) is 19.9. The fraction of sp³-hybridized carbons (Fsp3) is 0.400. The summed E-state index contributed by atoms with van der Waals surface area (Å²) in [7, 11) is -3.59. The Labute approximate surface area is 157 Å². The van der Waals surface area contributed by atoms with Crippen molar-refractivity contribution in [2.45, 2.75) is 50.1 Å². The zero-order valence-electron chi connectivity index (χ0n) is 15.2. The van der Waals surface area contributed by atoms with E-state index in [4.69, 9.17) is 0 Å². The molecule has 0 saturated heterocycles. The second-order valence-corrected chi connectivity index (χ2v) is 9.52. The average Bonchev–Trinajstić information content (AvgIpc) is 2.95. The molecule has 2 aromatic rings. The van der Waals surface area contributed by atoms with Gasteiger partial charge in [0.2, 0.25) is 10.0 Å². The molecular formula is C20H22F3NO2S. The highest BCUT2D eigenvalue weighted by atomic mass is 32.2. The maximum absolute atomic E-state index is 15.7. The van der Waals surface area contributed by atoms with E-state index in [1.165, 1.54) is 12.1 Å². The number of hydrogen-bond donors (Lipinski definition) is 1. The van der Waals surface area contributed by atoms with Crippen LogP contribution in [-0.4, -0.2) is 19.7 Å². The first-order chi connectivity index (χ1) is 12.6. The van der Waals surface area contributed by atoms with Gasteiger partial charge < -0.3 is 0 Å². The van der Waals surface area contributed by atoms with E-state index >= 15 is 4.39 Å². The summed E-state index contributed by atoms with van der Waals surface area (Å²) in [4.78, 5) is 0. The van der Waals surface area contributed by atoms with Gasteiger partial charge in [0.05, 0.1) is 11.3 Å². The number of halogens is 3. The summed E-state index contributed by atoms with van der Waals surface area (Å²) in [6, 6.07) is 8.67. The lowest BCUT2D eigenvalue weighted by atomic mass is 9.89. The van der Waals surface area contributed by atoms with Crippen LogP contribution in [0.3, 0.4) is 0 Å². The predicted molar refractivity (Wildman–Crippen MR) is 99.4 cm³/mol. The molecule has 1 saturated carbocycles. The molecule has 27 heavy (non-hydrogen) atoms. The van der Waals surface area contributed by atoms with Crippen LogP contribution >= 0.6 is 0 Å². The Morgan fingerprint density at radius 1 is 1.04 bits per heavy atom. The smallest absolute Gasteiger partial charge is 0.214 e. The molecule has 0 aliphatic heterocycles. The van der Waals surface area contributed by atoms with E-state index in [0.29, 0.717) is 29.5 Å². The van der Waals surface area contributed by atoms with Crippen LogP contribution in [0.4, 0.5) is 13.2 Å². The molecular weight excluding hydrogens is 375 g/mol. The SMILES string of the molecule is CC(C)S(=O)(=O)N[C@H]1CCC[C@@]1(F)c1ccc(-c2cc(F)cc(F)c2)cc1. The van der Waals surface area contributed by atoms with E-state index in [1.54, 1.807) is 38.1 Å². The lowest BCUT2D eigenvalue weighted by Gasteiger charge is -2.29. The molecule has 1 aliphatic rings. The third-order valence-electron chi connectivity index (χ3n) is 5.07. The molecule has 3 nitrogen and oxygen atoms in total. The minimum absolute atomic E-state index is 0.215.